The molecule has 0 heterocycles. The molecule has 4 nitrogen and oxygen atoms in total. The highest BCUT2D eigenvalue weighted by Gasteiger charge is 2.10. The molecule has 2 N–H and O–H groups in total. The summed E-state index contributed by atoms with van der Waals surface area (Å²) >= 11 is 0. The summed E-state index contributed by atoms with van der Waals surface area (Å²) in [5, 5.41) is 0. The van der Waals surface area contributed by atoms with E-state index >= 15 is 0 Å². The van der Waals surface area contributed by atoms with Gasteiger partial charge in [0.05, 0.1) is 13.2 Å². The van der Waals surface area contributed by atoms with Crippen LogP contribution in [-0.4, -0.2) is 33.2 Å². The Morgan fingerprint density at radius 2 is 1.94 bits per heavy atom. The summed E-state index contributed by atoms with van der Waals surface area (Å²) in [5.74, 6) is -0.0627. The highest BCUT2D eigenvalue weighted by atomic mass is 16.5. The number of hydrogen-bond acceptors (Lipinski definition) is 4. The Balaban J connectivity index is 2.80. The van der Waals surface area contributed by atoms with Gasteiger partial charge in [-0.2, -0.15) is 0 Å². The maximum Gasteiger partial charge on any atom is 0.176 e. The van der Waals surface area contributed by atoms with Gasteiger partial charge in [0.25, 0.3) is 0 Å². The molecule has 1 unspecified atom stereocenters. The fourth-order valence-corrected chi connectivity index (χ4v) is 1.45. The van der Waals surface area contributed by atoms with E-state index in [0.717, 1.165) is 5.56 Å². The first-order chi connectivity index (χ1) is 7.72. The molecule has 1 aromatic rings. The summed E-state index contributed by atoms with van der Waals surface area (Å²) in [5.41, 5.74) is 6.89. The molecule has 16 heavy (non-hydrogen) atoms. The van der Waals surface area contributed by atoms with Crippen LogP contribution in [0.15, 0.2) is 24.3 Å². The Morgan fingerprint density at radius 1 is 1.31 bits per heavy atom. The van der Waals surface area contributed by atoms with Crippen LogP contribution in [0.4, 0.5) is 0 Å². The molecule has 0 fully saturated rings. The fourth-order valence-electron chi connectivity index (χ4n) is 1.45. The first-order valence-electron chi connectivity index (χ1n) is 5.08. The lowest BCUT2D eigenvalue weighted by molar-refractivity contribution is 0.0275. The third-order valence-electron chi connectivity index (χ3n) is 2.39. The number of benzene rings is 1. The number of rotatable bonds is 6. The second-order valence-electron chi connectivity index (χ2n) is 3.43. The monoisotopic (exact) mass is 223 g/mol. The maximum atomic E-state index is 11.3. The summed E-state index contributed by atoms with van der Waals surface area (Å²) in [6.45, 7) is 0.520. The van der Waals surface area contributed by atoms with Crippen molar-refractivity contribution in [2.24, 2.45) is 5.73 Å². The first kappa shape index (κ1) is 12.8. The minimum Gasteiger partial charge on any atom is -0.382 e. The molecule has 88 valence electrons. The van der Waals surface area contributed by atoms with E-state index in [9.17, 15) is 4.79 Å². The number of carbonyl (C=O) groups is 1. The maximum absolute atomic E-state index is 11.3. The summed E-state index contributed by atoms with van der Waals surface area (Å²) in [7, 11) is 3.25. The predicted molar refractivity (Wildman–Crippen MR) is 61.5 cm³/mol. The van der Waals surface area contributed by atoms with Crippen molar-refractivity contribution in [3.05, 3.63) is 35.4 Å². The van der Waals surface area contributed by atoms with Gasteiger partial charge in [-0.1, -0.05) is 24.3 Å². The van der Waals surface area contributed by atoms with Crippen LogP contribution in [0, 0.1) is 0 Å². The van der Waals surface area contributed by atoms with E-state index < -0.39 is 0 Å². The van der Waals surface area contributed by atoms with Crippen molar-refractivity contribution >= 4 is 5.78 Å². The Morgan fingerprint density at radius 3 is 2.38 bits per heavy atom. The third kappa shape index (κ3) is 3.13. The molecule has 0 aliphatic carbocycles. The Labute approximate surface area is 95.3 Å². The molecular formula is C12H17NO3. The third-order valence-corrected chi connectivity index (χ3v) is 2.39. The lowest BCUT2D eigenvalue weighted by Gasteiger charge is -2.14. The molecule has 0 saturated carbocycles. The largest absolute Gasteiger partial charge is 0.382 e. The van der Waals surface area contributed by atoms with Gasteiger partial charge in [0.1, 0.15) is 6.10 Å². The van der Waals surface area contributed by atoms with Crippen LogP contribution in [0.5, 0.6) is 0 Å². The van der Waals surface area contributed by atoms with Crippen LogP contribution in [0.1, 0.15) is 22.0 Å². The SMILES string of the molecule is COCC(OC)c1ccc(C(=O)CN)cc1. The second kappa shape index (κ2) is 6.37. The molecular weight excluding hydrogens is 206 g/mol. The van der Waals surface area contributed by atoms with Gasteiger partial charge in [-0.15, -0.1) is 0 Å². The highest BCUT2D eigenvalue weighted by molar-refractivity contribution is 5.97. The Bertz CT molecular complexity index is 335. The molecule has 0 amide bonds. The van der Waals surface area contributed by atoms with Gasteiger partial charge in [-0.25, -0.2) is 0 Å². The Hall–Kier alpha value is -1.23. The molecule has 0 aromatic heterocycles. The van der Waals surface area contributed by atoms with E-state index in [1.807, 2.05) is 12.1 Å². The van der Waals surface area contributed by atoms with E-state index in [2.05, 4.69) is 0 Å². The van der Waals surface area contributed by atoms with Gasteiger partial charge in [0, 0.05) is 19.8 Å². The number of nitrogens with two attached hydrogens (primary N) is 1. The number of ketones is 1. The molecule has 1 rings (SSSR count). The summed E-state index contributed by atoms with van der Waals surface area (Å²) in [4.78, 5) is 11.3. The average molecular weight is 223 g/mol. The molecule has 4 heteroatoms. The van der Waals surface area contributed by atoms with Crippen molar-refractivity contribution in [2.45, 2.75) is 6.10 Å². The minimum atomic E-state index is -0.105. The fraction of sp³-hybridized carbons (Fsp3) is 0.417. The zero-order chi connectivity index (χ0) is 12.0. The van der Waals surface area contributed by atoms with Crippen LogP contribution in [0.2, 0.25) is 0 Å². The normalized spacial score (nSPS) is 12.4. The molecule has 0 aliphatic heterocycles. The summed E-state index contributed by atoms with van der Waals surface area (Å²) in [6.07, 6.45) is -0.105. The van der Waals surface area contributed by atoms with Gasteiger partial charge in [0.15, 0.2) is 5.78 Å². The zero-order valence-corrected chi connectivity index (χ0v) is 9.60. The number of carbonyl (C=O) groups excluding carboxylic acids is 1. The zero-order valence-electron chi connectivity index (χ0n) is 9.60. The van der Waals surface area contributed by atoms with E-state index in [0.29, 0.717) is 12.2 Å². The number of hydrogen-bond donors (Lipinski definition) is 1. The average Bonchev–Trinajstić information content (AvgIpc) is 2.35. The van der Waals surface area contributed by atoms with Crippen LogP contribution >= 0.6 is 0 Å². The van der Waals surface area contributed by atoms with E-state index in [-0.39, 0.29) is 18.4 Å². The van der Waals surface area contributed by atoms with Crippen LogP contribution < -0.4 is 5.73 Å². The highest BCUT2D eigenvalue weighted by Crippen LogP contribution is 2.17. The van der Waals surface area contributed by atoms with E-state index in [1.54, 1.807) is 26.4 Å². The summed E-state index contributed by atoms with van der Waals surface area (Å²) < 4.78 is 10.3. The first-order valence-corrected chi connectivity index (χ1v) is 5.08. The van der Waals surface area contributed by atoms with Gasteiger partial charge in [-0.3, -0.25) is 4.79 Å². The van der Waals surface area contributed by atoms with Gasteiger partial charge < -0.3 is 15.2 Å². The van der Waals surface area contributed by atoms with E-state index in [4.69, 9.17) is 15.2 Å². The molecule has 0 spiro atoms. The van der Waals surface area contributed by atoms with Gasteiger partial charge in [0.2, 0.25) is 0 Å². The standard InChI is InChI=1S/C12H17NO3/c1-15-8-12(16-2)10-5-3-9(4-6-10)11(14)7-13/h3-6,12H,7-8,13H2,1-2H3. The topological polar surface area (TPSA) is 61.5 Å². The van der Waals surface area contributed by atoms with Crippen molar-refractivity contribution in [1.82, 2.24) is 0 Å². The van der Waals surface area contributed by atoms with Crippen molar-refractivity contribution in [3.63, 3.8) is 0 Å². The summed E-state index contributed by atoms with van der Waals surface area (Å²) in [6, 6.07) is 7.23. The molecule has 0 aliphatic rings. The van der Waals surface area contributed by atoms with Crippen molar-refractivity contribution in [1.29, 1.82) is 0 Å². The lowest BCUT2D eigenvalue weighted by atomic mass is 10.0. The Kier molecular flexibility index (Phi) is 5.11. The lowest BCUT2D eigenvalue weighted by Crippen LogP contribution is -2.14. The van der Waals surface area contributed by atoms with Crippen LogP contribution in [-0.2, 0) is 9.47 Å². The minimum absolute atomic E-state index is 0.0329. The number of ether oxygens (including phenoxy) is 2. The number of methoxy groups -OCH3 is 2. The number of Topliss-reactive ketones (excluding diaryl/α,β-unsaturated/α-hetero) is 1. The predicted octanol–water partition coefficient (Wildman–Crippen LogP) is 1.16. The smallest absolute Gasteiger partial charge is 0.176 e. The quantitative estimate of drug-likeness (QED) is 0.735. The molecule has 0 saturated heterocycles. The second-order valence-corrected chi connectivity index (χ2v) is 3.43. The van der Waals surface area contributed by atoms with Crippen molar-refractivity contribution in [2.75, 3.05) is 27.4 Å². The van der Waals surface area contributed by atoms with Gasteiger partial charge >= 0.3 is 0 Å². The van der Waals surface area contributed by atoms with Crippen LogP contribution in [0.3, 0.4) is 0 Å². The molecule has 1 atom stereocenters. The molecule has 0 bridgehead atoms. The van der Waals surface area contributed by atoms with Crippen molar-refractivity contribution < 1.29 is 14.3 Å². The van der Waals surface area contributed by atoms with Crippen LogP contribution in [0.25, 0.3) is 0 Å². The van der Waals surface area contributed by atoms with E-state index in [1.165, 1.54) is 0 Å². The molecule has 0 radical (unpaired) electrons. The van der Waals surface area contributed by atoms with Gasteiger partial charge in [-0.05, 0) is 5.56 Å². The van der Waals surface area contributed by atoms with Crippen molar-refractivity contribution in [3.8, 4) is 0 Å². The molecule has 1 aromatic carbocycles.